The number of halogens is 1. The highest BCUT2D eigenvalue weighted by Gasteiger charge is 2.15. The average molecular weight is 290 g/mol. The molecule has 0 saturated carbocycles. The number of phenolic OH excluding ortho intramolecular Hbond substituents is 1. The van der Waals surface area contributed by atoms with E-state index in [0.717, 1.165) is 17.0 Å². The first-order chi connectivity index (χ1) is 9.61. The van der Waals surface area contributed by atoms with E-state index in [1.165, 1.54) is 5.56 Å². The van der Waals surface area contributed by atoms with Crippen molar-refractivity contribution >= 4 is 11.6 Å². The van der Waals surface area contributed by atoms with Crippen molar-refractivity contribution in [3.8, 4) is 5.75 Å². The van der Waals surface area contributed by atoms with Gasteiger partial charge in [0, 0.05) is 17.1 Å². The van der Waals surface area contributed by atoms with Gasteiger partial charge in [-0.25, -0.2) is 0 Å². The van der Waals surface area contributed by atoms with Gasteiger partial charge in [-0.05, 0) is 42.7 Å². The summed E-state index contributed by atoms with van der Waals surface area (Å²) in [6, 6.07) is 15.7. The van der Waals surface area contributed by atoms with Crippen molar-refractivity contribution in [3.63, 3.8) is 0 Å². The van der Waals surface area contributed by atoms with Gasteiger partial charge in [0.25, 0.3) is 0 Å². The lowest BCUT2D eigenvalue weighted by atomic mass is 10.0. The summed E-state index contributed by atoms with van der Waals surface area (Å²) in [7, 11) is 0. The first kappa shape index (κ1) is 14.9. The van der Waals surface area contributed by atoms with Gasteiger partial charge in [0.2, 0.25) is 0 Å². The molecule has 0 aromatic heterocycles. The molecule has 3 heteroatoms. The molecular weight excluding hydrogens is 270 g/mol. The van der Waals surface area contributed by atoms with Gasteiger partial charge in [-0.3, -0.25) is 0 Å². The van der Waals surface area contributed by atoms with Crippen LogP contribution in [0.1, 0.15) is 43.5 Å². The monoisotopic (exact) mass is 289 g/mol. The van der Waals surface area contributed by atoms with Crippen LogP contribution in [0.3, 0.4) is 0 Å². The van der Waals surface area contributed by atoms with E-state index in [1.807, 2.05) is 36.4 Å². The maximum atomic E-state index is 9.37. The fourth-order valence-corrected chi connectivity index (χ4v) is 2.67. The minimum absolute atomic E-state index is 0.169. The van der Waals surface area contributed by atoms with Gasteiger partial charge in [0.15, 0.2) is 0 Å². The second-order valence-electron chi connectivity index (χ2n) is 4.96. The highest BCUT2D eigenvalue weighted by atomic mass is 35.5. The van der Waals surface area contributed by atoms with E-state index >= 15 is 0 Å². The predicted molar refractivity (Wildman–Crippen MR) is 84.1 cm³/mol. The predicted octanol–water partition coefficient (Wildman–Crippen LogP) is 4.85. The molecule has 2 nitrogen and oxygen atoms in total. The lowest BCUT2D eigenvalue weighted by Crippen LogP contribution is -2.24. The highest BCUT2D eigenvalue weighted by Crippen LogP contribution is 2.27. The molecule has 0 bridgehead atoms. The normalized spacial score (nSPS) is 13.9. The van der Waals surface area contributed by atoms with Gasteiger partial charge in [-0.2, -0.15) is 0 Å². The number of rotatable bonds is 5. The van der Waals surface area contributed by atoms with Gasteiger partial charge in [-0.15, -0.1) is 0 Å². The highest BCUT2D eigenvalue weighted by molar-refractivity contribution is 6.31. The molecule has 0 fully saturated rings. The number of hydrogen-bond acceptors (Lipinski definition) is 2. The summed E-state index contributed by atoms with van der Waals surface area (Å²) in [5.41, 5.74) is 2.27. The van der Waals surface area contributed by atoms with Crippen molar-refractivity contribution in [3.05, 3.63) is 64.7 Å². The topological polar surface area (TPSA) is 32.3 Å². The molecule has 106 valence electrons. The van der Waals surface area contributed by atoms with Crippen LogP contribution in [0.4, 0.5) is 0 Å². The Morgan fingerprint density at radius 3 is 2.35 bits per heavy atom. The Morgan fingerprint density at radius 2 is 1.75 bits per heavy atom. The number of aromatic hydroxyl groups is 1. The standard InChI is InChI=1S/C17H20ClNO/c1-3-17(13-8-10-14(20)11-9-13)19-12(2)15-6-4-5-7-16(15)18/h4-12,17,19-20H,3H2,1-2H3. The molecule has 2 unspecified atom stereocenters. The van der Waals surface area contributed by atoms with Crippen molar-refractivity contribution in [2.45, 2.75) is 32.4 Å². The quantitative estimate of drug-likeness (QED) is 0.825. The minimum atomic E-state index is 0.169. The van der Waals surface area contributed by atoms with Gasteiger partial charge in [0.1, 0.15) is 5.75 Å². The molecule has 2 N–H and O–H groups in total. The molecule has 0 saturated heterocycles. The van der Waals surface area contributed by atoms with Crippen molar-refractivity contribution < 1.29 is 5.11 Å². The fourth-order valence-electron chi connectivity index (χ4n) is 2.37. The Kier molecular flexibility index (Phi) is 5.05. The third kappa shape index (κ3) is 3.53. The number of hydrogen-bond donors (Lipinski definition) is 2. The van der Waals surface area contributed by atoms with Crippen molar-refractivity contribution in [1.29, 1.82) is 0 Å². The van der Waals surface area contributed by atoms with Crippen LogP contribution < -0.4 is 5.32 Å². The Hall–Kier alpha value is -1.51. The third-order valence-corrected chi connectivity index (χ3v) is 3.87. The van der Waals surface area contributed by atoms with Gasteiger partial charge < -0.3 is 10.4 Å². The summed E-state index contributed by atoms with van der Waals surface area (Å²) in [6.45, 7) is 4.26. The lowest BCUT2D eigenvalue weighted by Gasteiger charge is -2.23. The average Bonchev–Trinajstić information content (AvgIpc) is 2.46. The van der Waals surface area contributed by atoms with Crippen LogP contribution >= 0.6 is 11.6 Å². The Balaban J connectivity index is 2.14. The molecule has 2 rings (SSSR count). The molecule has 0 aliphatic carbocycles. The van der Waals surface area contributed by atoms with Crippen molar-refractivity contribution in [2.75, 3.05) is 0 Å². The van der Waals surface area contributed by atoms with Gasteiger partial charge in [-0.1, -0.05) is 48.9 Å². The minimum Gasteiger partial charge on any atom is -0.508 e. The van der Waals surface area contributed by atoms with Crippen LogP contribution in [0, 0.1) is 0 Å². The smallest absolute Gasteiger partial charge is 0.115 e. The van der Waals surface area contributed by atoms with Crippen LogP contribution in [0.25, 0.3) is 0 Å². The third-order valence-electron chi connectivity index (χ3n) is 3.53. The molecule has 0 aliphatic rings. The first-order valence-electron chi connectivity index (χ1n) is 6.91. The van der Waals surface area contributed by atoms with Crippen LogP contribution in [0.15, 0.2) is 48.5 Å². The zero-order chi connectivity index (χ0) is 14.5. The molecule has 0 radical (unpaired) electrons. The number of benzene rings is 2. The Morgan fingerprint density at radius 1 is 1.10 bits per heavy atom. The molecule has 0 aliphatic heterocycles. The zero-order valence-electron chi connectivity index (χ0n) is 11.8. The van der Waals surface area contributed by atoms with E-state index in [9.17, 15) is 5.11 Å². The second kappa shape index (κ2) is 6.78. The molecule has 2 aromatic rings. The Labute approximate surface area is 125 Å². The molecule has 0 spiro atoms. The zero-order valence-corrected chi connectivity index (χ0v) is 12.6. The summed E-state index contributed by atoms with van der Waals surface area (Å²) in [5.74, 6) is 0.294. The second-order valence-corrected chi connectivity index (χ2v) is 5.37. The number of nitrogens with one attached hydrogen (secondary N) is 1. The fraction of sp³-hybridized carbons (Fsp3) is 0.294. The van der Waals surface area contributed by atoms with E-state index < -0.39 is 0 Å². The Bertz CT molecular complexity index is 553. The lowest BCUT2D eigenvalue weighted by molar-refractivity contribution is 0.453. The van der Waals surface area contributed by atoms with Crippen LogP contribution in [0.5, 0.6) is 5.75 Å². The maximum absolute atomic E-state index is 9.37. The van der Waals surface area contributed by atoms with Crippen LogP contribution in [-0.4, -0.2) is 5.11 Å². The summed E-state index contributed by atoms with van der Waals surface area (Å²) in [6.07, 6.45) is 0.972. The summed E-state index contributed by atoms with van der Waals surface area (Å²) >= 11 is 6.24. The summed E-state index contributed by atoms with van der Waals surface area (Å²) in [4.78, 5) is 0. The molecule has 0 amide bonds. The SMILES string of the molecule is CCC(NC(C)c1ccccc1Cl)c1ccc(O)cc1. The largest absolute Gasteiger partial charge is 0.508 e. The van der Waals surface area contributed by atoms with E-state index in [2.05, 4.69) is 19.2 Å². The summed E-state index contributed by atoms with van der Waals surface area (Å²) in [5, 5.41) is 13.7. The van der Waals surface area contributed by atoms with Gasteiger partial charge >= 0.3 is 0 Å². The molecule has 0 heterocycles. The van der Waals surface area contributed by atoms with E-state index in [-0.39, 0.29) is 12.1 Å². The van der Waals surface area contributed by atoms with E-state index in [1.54, 1.807) is 12.1 Å². The molecule has 2 atom stereocenters. The number of phenols is 1. The van der Waals surface area contributed by atoms with Gasteiger partial charge in [0.05, 0.1) is 0 Å². The summed E-state index contributed by atoms with van der Waals surface area (Å²) < 4.78 is 0. The molecule has 2 aromatic carbocycles. The first-order valence-corrected chi connectivity index (χ1v) is 7.29. The molecular formula is C17H20ClNO. The maximum Gasteiger partial charge on any atom is 0.115 e. The van der Waals surface area contributed by atoms with E-state index in [4.69, 9.17) is 11.6 Å². The van der Waals surface area contributed by atoms with E-state index in [0.29, 0.717) is 5.75 Å². The van der Waals surface area contributed by atoms with Crippen LogP contribution in [-0.2, 0) is 0 Å². The van der Waals surface area contributed by atoms with Crippen molar-refractivity contribution in [2.24, 2.45) is 0 Å². The molecule has 20 heavy (non-hydrogen) atoms. The van der Waals surface area contributed by atoms with Crippen LogP contribution in [0.2, 0.25) is 5.02 Å². The van der Waals surface area contributed by atoms with Crippen molar-refractivity contribution in [1.82, 2.24) is 5.32 Å².